The second-order valence-electron chi connectivity index (χ2n) is 4.34. The quantitative estimate of drug-likeness (QED) is 0.602. The average molecular weight is 369 g/mol. The van der Waals surface area contributed by atoms with E-state index in [1.807, 2.05) is 13.0 Å². The van der Waals surface area contributed by atoms with Crippen molar-refractivity contribution >= 4 is 46.7 Å². The summed E-state index contributed by atoms with van der Waals surface area (Å²) in [6, 6.07) is 8.69. The minimum absolute atomic E-state index is 0.292. The van der Waals surface area contributed by atoms with Crippen molar-refractivity contribution in [3.8, 4) is 0 Å². The van der Waals surface area contributed by atoms with Crippen LogP contribution in [0.4, 0.5) is 0 Å². The maximum Gasteiger partial charge on any atom is 0.269 e. The Balaban J connectivity index is 1.81. The fourth-order valence-electron chi connectivity index (χ4n) is 1.51. The Kier molecular flexibility index (Phi) is 6.87. The third kappa shape index (κ3) is 5.52. The smallest absolute Gasteiger partial charge is 0.269 e. The first kappa shape index (κ1) is 17.8. The standard InChI is InChI=1S/C14H16N4O2S3/c1-3-21-13-17-18-14(23-13)22-9(2)11(19)15-16-12(20)10-7-5-4-6-8-10/h4-9H,3H2,1-2H3,(H,15,19)(H,16,20)/t9-/m1/s1. The summed E-state index contributed by atoms with van der Waals surface area (Å²) in [5.74, 6) is 0.286. The second kappa shape index (κ2) is 8.90. The SMILES string of the molecule is CCSc1nnc(S[C@H](C)C(=O)NNC(=O)c2ccccc2)s1. The predicted molar refractivity (Wildman–Crippen MR) is 93.7 cm³/mol. The van der Waals surface area contributed by atoms with E-state index in [2.05, 4.69) is 21.0 Å². The maximum absolute atomic E-state index is 12.0. The van der Waals surface area contributed by atoms with E-state index in [1.165, 1.54) is 23.1 Å². The molecule has 9 heteroatoms. The number of hydrogen-bond donors (Lipinski definition) is 2. The Morgan fingerprint density at radius 3 is 2.57 bits per heavy atom. The van der Waals surface area contributed by atoms with E-state index in [0.717, 1.165) is 14.4 Å². The lowest BCUT2D eigenvalue weighted by Gasteiger charge is -2.11. The molecule has 2 N–H and O–H groups in total. The van der Waals surface area contributed by atoms with E-state index < -0.39 is 5.25 Å². The fourth-order valence-corrected chi connectivity index (χ4v) is 4.57. The Hall–Kier alpha value is -1.58. The zero-order chi connectivity index (χ0) is 16.7. The lowest BCUT2D eigenvalue weighted by molar-refractivity contribution is -0.121. The number of carbonyl (C=O) groups is 2. The number of hydrazine groups is 1. The molecule has 0 unspecified atom stereocenters. The van der Waals surface area contributed by atoms with Gasteiger partial charge in [-0.25, -0.2) is 0 Å². The van der Waals surface area contributed by atoms with Crippen LogP contribution in [0.25, 0.3) is 0 Å². The Labute approximate surface area is 146 Å². The molecular formula is C14H16N4O2S3. The molecule has 0 radical (unpaired) electrons. The molecule has 1 aromatic heterocycles. The molecule has 0 spiro atoms. The number of amides is 2. The monoisotopic (exact) mass is 368 g/mol. The van der Waals surface area contributed by atoms with Crippen LogP contribution in [0.5, 0.6) is 0 Å². The van der Waals surface area contributed by atoms with E-state index in [-0.39, 0.29) is 11.8 Å². The van der Waals surface area contributed by atoms with E-state index in [0.29, 0.717) is 5.56 Å². The molecule has 0 aliphatic heterocycles. The molecular weight excluding hydrogens is 352 g/mol. The van der Waals surface area contributed by atoms with Crippen molar-refractivity contribution in [3.05, 3.63) is 35.9 Å². The minimum atomic E-state index is -0.390. The summed E-state index contributed by atoms with van der Waals surface area (Å²) in [4.78, 5) is 23.9. The summed E-state index contributed by atoms with van der Waals surface area (Å²) in [7, 11) is 0. The van der Waals surface area contributed by atoms with Crippen LogP contribution >= 0.6 is 34.9 Å². The van der Waals surface area contributed by atoms with Crippen molar-refractivity contribution in [1.82, 2.24) is 21.0 Å². The molecule has 0 saturated carbocycles. The topological polar surface area (TPSA) is 84.0 Å². The Morgan fingerprint density at radius 2 is 1.87 bits per heavy atom. The predicted octanol–water partition coefficient (Wildman–Crippen LogP) is 2.59. The molecule has 0 fully saturated rings. The van der Waals surface area contributed by atoms with Gasteiger partial charge >= 0.3 is 0 Å². The van der Waals surface area contributed by atoms with Gasteiger partial charge in [-0.1, -0.05) is 60.0 Å². The van der Waals surface area contributed by atoms with E-state index in [9.17, 15) is 9.59 Å². The highest BCUT2D eigenvalue weighted by Gasteiger charge is 2.18. The van der Waals surface area contributed by atoms with E-state index >= 15 is 0 Å². The second-order valence-corrected chi connectivity index (χ2v) is 8.41. The molecule has 0 saturated heterocycles. The molecule has 0 bridgehead atoms. The molecule has 6 nitrogen and oxygen atoms in total. The van der Waals surface area contributed by atoms with Crippen LogP contribution in [0.15, 0.2) is 39.0 Å². The molecule has 122 valence electrons. The van der Waals surface area contributed by atoms with Crippen molar-refractivity contribution in [2.45, 2.75) is 27.8 Å². The van der Waals surface area contributed by atoms with Gasteiger partial charge in [0.25, 0.3) is 11.8 Å². The Morgan fingerprint density at radius 1 is 1.17 bits per heavy atom. The summed E-state index contributed by atoms with van der Waals surface area (Å²) in [6.07, 6.45) is 0. The van der Waals surface area contributed by atoms with Gasteiger partial charge in [0.1, 0.15) is 0 Å². The number of carbonyl (C=O) groups excluding carboxylic acids is 2. The highest BCUT2D eigenvalue weighted by molar-refractivity contribution is 8.03. The van der Waals surface area contributed by atoms with Gasteiger partial charge in [0.15, 0.2) is 8.68 Å². The summed E-state index contributed by atoms with van der Waals surface area (Å²) in [6.45, 7) is 3.80. The molecule has 1 aromatic carbocycles. The molecule has 1 heterocycles. The highest BCUT2D eigenvalue weighted by atomic mass is 32.2. The first-order valence-corrected chi connectivity index (χ1v) is 9.56. The number of benzene rings is 1. The lowest BCUT2D eigenvalue weighted by Crippen LogP contribution is -2.44. The molecule has 0 aliphatic carbocycles. The third-order valence-electron chi connectivity index (χ3n) is 2.64. The number of aromatic nitrogens is 2. The zero-order valence-corrected chi connectivity index (χ0v) is 15.1. The van der Waals surface area contributed by atoms with Crippen LogP contribution in [-0.4, -0.2) is 33.0 Å². The van der Waals surface area contributed by atoms with Crippen molar-refractivity contribution in [3.63, 3.8) is 0 Å². The van der Waals surface area contributed by atoms with Crippen LogP contribution < -0.4 is 10.9 Å². The van der Waals surface area contributed by atoms with Crippen molar-refractivity contribution in [2.75, 3.05) is 5.75 Å². The number of nitrogens with zero attached hydrogens (tertiary/aromatic N) is 2. The fraction of sp³-hybridized carbons (Fsp3) is 0.286. The number of rotatable bonds is 6. The molecule has 0 aliphatic rings. The van der Waals surface area contributed by atoms with Crippen LogP contribution in [0, 0.1) is 0 Å². The molecule has 2 amide bonds. The van der Waals surface area contributed by atoms with E-state index in [1.54, 1.807) is 43.0 Å². The van der Waals surface area contributed by atoms with Gasteiger partial charge < -0.3 is 0 Å². The maximum atomic E-state index is 12.0. The molecule has 1 atom stereocenters. The largest absolute Gasteiger partial charge is 0.272 e. The van der Waals surface area contributed by atoms with Crippen molar-refractivity contribution in [2.24, 2.45) is 0 Å². The normalized spacial score (nSPS) is 11.7. The van der Waals surface area contributed by atoms with Gasteiger partial charge in [-0.2, -0.15) is 0 Å². The van der Waals surface area contributed by atoms with Crippen molar-refractivity contribution in [1.29, 1.82) is 0 Å². The molecule has 23 heavy (non-hydrogen) atoms. The zero-order valence-electron chi connectivity index (χ0n) is 12.6. The minimum Gasteiger partial charge on any atom is -0.272 e. The summed E-state index contributed by atoms with van der Waals surface area (Å²) < 4.78 is 1.62. The van der Waals surface area contributed by atoms with Crippen LogP contribution in [0.2, 0.25) is 0 Å². The van der Waals surface area contributed by atoms with Gasteiger partial charge in [0.2, 0.25) is 0 Å². The highest BCUT2D eigenvalue weighted by Crippen LogP contribution is 2.30. The number of nitrogens with one attached hydrogen (secondary N) is 2. The van der Waals surface area contributed by atoms with Gasteiger partial charge in [-0.15, -0.1) is 10.2 Å². The van der Waals surface area contributed by atoms with Crippen molar-refractivity contribution < 1.29 is 9.59 Å². The summed E-state index contributed by atoms with van der Waals surface area (Å²) in [5.41, 5.74) is 5.31. The van der Waals surface area contributed by atoms with Gasteiger partial charge in [0.05, 0.1) is 5.25 Å². The number of thioether (sulfide) groups is 2. The Bertz CT molecular complexity index is 663. The summed E-state index contributed by atoms with van der Waals surface area (Å²) >= 11 is 4.39. The molecule has 2 aromatic rings. The van der Waals surface area contributed by atoms with Gasteiger partial charge in [-0.05, 0) is 24.8 Å². The van der Waals surface area contributed by atoms with Crippen LogP contribution in [0.1, 0.15) is 24.2 Å². The lowest BCUT2D eigenvalue weighted by atomic mass is 10.2. The third-order valence-corrected chi connectivity index (χ3v) is 5.76. The van der Waals surface area contributed by atoms with Gasteiger partial charge in [0, 0.05) is 5.56 Å². The first-order valence-electron chi connectivity index (χ1n) is 6.88. The average Bonchev–Trinajstić information content (AvgIpc) is 3.00. The summed E-state index contributed by atoms with van der Waals surface area (Å²) in [5, 5.41) is 7.69. The van der Waals surface area contributed by atoms with Gasteiger partial charge in [-0.3, -0.25) is 20.4 Å². The first-order chi connectivity index (χ1) is 11.1. The van der Waals surface area contributed by atoms with E-state index in [4.69, 9.17) is 0 Å². The number of hydrogen-bond acceptors (Lipinski definition) is 7. The van der Waals surface area contributed by atoms with Crippen LogP contribution in [0.3, 0.4) is 0 Å². The molecule has 2 rings (SSSR count). The van der Waals surface area contributed by atoms with Crippen LogP contribution in [-0.2, 0) is 4.79 Å².